The lowest BCUT2D eigenvalue weighted by Gasteiger charge is -2.42. The van der Waals surface area contributed by atoms with Crippen LogP contribution < -0.4 is 15.5 Å². The molecule has 1 heterocycles. The zero-order chi connectivity index (χ0) is 28.9. The van der Waals surface area contributed by atoms with Crippen LogP contribution in [0.15, 0.2) is 30.3 Å². The van der Waals surface area contributed by atoms with E-state index in [4.69, 9.17) is 11.6 Å². The van der Waals surface area contributed by atoms with Crippen LogP contribution in [0.4, 0.5) is 33.3 Å². The van der Waals surface area contributed by atoms with Crippen LogP contribution in [0.3, 0.4) is 0 Å². The summed E-state index contributed by atoms with van der Waals surface area (Å²) in [5.74, 6) is -3.86. The van der Waals surface area contributed by atoms with Gasteiger partial charge in [-0.05, 0) is 45.3 Å². The van der Waals surface area contributed by atoms with E-state index in [1.807, 2.05) is 11.8 Å². The number of piperazine rings is 1. The van der Waals surface area contributed by atoms with Gasteiger partial charge in [0.25, 0.3) is 5.91 Å². The molecule has 7 nitrogen and oxygen atoms in total. The van der Waals surface area contributed by atoms with Crippen molar-refractivity contribution in [1.82, 2.24) is 15.1 Å². The molecule has 2 aromatic carbocycles. The lowest BCUT2D eigenvalue weighted by Crippen LogP contribution is -2.52. The third-order valence-corrected chi connectivity index (χ3v) is 6.52. The van der Waals surface area contributed by atoms with Gasteiger partial charge in [0.2, 0.25) is 5.91 Å². The molecule has 1 atom stereocenters. The standard InChI is InChI=1S/C26H31ClF5N5O2/c1-16-14-36(9-8-26(30,31)32)10-11-37(16)21-12-18(27)5-7-20(21)34-25(39)19-6-4-17(23(28)24(19)29)13-33-22(38)15-35(2)3/h4-7,12,16H,8-11,13-15H2,1-3H3,(H,33,38)(H,34,39)/t16-/m1/s1. The maximum atomic E-state index is 14.9. The van der Waals surface area contributed by atoms with E-state index in [2.05, 4.69) is 10.6 Å². The topological polar surface area (TPSA) is 67.9 Å². The van der Waals surface area contributed by atoms with Crippen molar-refractivity contribution in [3.05, 3.63) is 58.1 Å². The number of halogens is 6. The Morgan fingerprint density at radius 2 is 1.82 bits per heavy atom. The van der Waals surface area contributed by atoms with E-state index >= 15 is 0 Å². The molecule has 1 saturated heterocycles. The number of rotatable bonds is 9. The summed E-state index contributed by atoms with van der Waals surface area (Å²) in [7, 11) is 3.39. The van der Waals surface area contributed by atoms with Crippen molar-refractivity contribution >= 4 is 34.8 Å². The fraction of sp³-hybridized carbons (Fsp3) is 0.462. The number of benzene rings is 2. The molecule has 2 aromatic rings. The first-order chi connectivity index (χ1) is 18.2. The predicted molar refractivity (Wildman–Crippen MR) is 140 cm³/mol. The normalized spacial score (nSPS) is 16.5. The molecule has 0 aliphatic carbocycles. The molecule has 1 aliphatic heterocycles. The minimum Gasteiger partial charge on any atom is -0.365 e. The monoisotopic (exact) mass is 575 g/mol. The smallest absolute Gasteiger partial charge is 0.365 e. The molecular weight excluding hydrogens is 545 g/mol. The van der Waals surface area contributed by atoms with Crippen molar-refractivity contribution in [2.24, 2.45) is 0 Å². The maximum absolute atomic E-state index is 14.9. The Morgan fingerprint density at radius 3 is 2.46 bits per heavy atom. The first-order valence-electron chi connectivity index (χ1n) is 12.3. The molecule has 2 N–H and O–H groups in total. The second-order valence-electron chi connectivity index (χ2n) is 9.74. The number of amides is 2. The van der Waals surface area contributed by atoms with Crippen molar-refractivity contribution < 1.29 is 31.5 Å². The second-order valence-corrected chi connectivity index (χ2v) is 10.2. The zero-order valence-corrected chi connectivity index (χ0v) is 22.6. The quantitative estimate of drug-likeness (QED) is 0.431. The molecule has 0 saturated carbocycles. The highest BCUT2D eigenvalue weighted by Crippen LogP contribution is 2.33. The molecule has 13 heteroatoms. The Hall–Kier alpha value is -2.96. The summed E-state index contributed by atoms with van der Waals surface area (Å²) in [4.78, 5) is 30.0. The Bertz CT molecular complexity index is 1190. The molecule has 1 aliphatic rings. The molecule has 0 radical (unpaired) electrons. The Balaban J connectivity index is 1.73. The van der Waals surface area contributed by atoms with E-state index in [1.165, 1.54) is 18.2 Å². The van der Waals surface area contributed by atoms with E-state index in [-0.39, 0.29) is 37.1 Å². The van der Waals surface area contributed by atoms with Gasteiger partial charge in [0, 0.05) is 49.4 Å². The lowest BCUT2D eigenvalue weighted by atomic mass is 10.1. The first kappa shape index (κ1) is 30.6. The van der Waals surface area contributed by atoms with Crippen LogP contribution in [0.1, 0.15) is 29.3 Å². The third-order valence-electron chi connectivity index (χ3n) is 6.28. The average Bonchev–Trinajstić information content (AvgIpc) is 2.84. The summed E-state index contributed by atoms with van der Waals surface area (Å²) in [6.07, 6.45) is -5.14. The maximum Gasteiger partial charge on any atom is 0.390 e. The van der Waals surface area contributed by atoms with Crippen LogP contribution in [0.25, 0.3) is 0 Å². The van der Waals surface area contributed by atoms with Gasteiger partial charge in [0.05, 0.1) is 29.9 Å². The molecule has 0 unspecified atom stereocenters. The van der Waals surface area contributed by atoms with Gasteiger partial charge in [-0.25, -0.2) is 8.78 Å². The van der Waals surface area contributed by atoms with E-state index in [1.54, 1.807) is 30.0 Å². The zero-order valence-electron chi connectivity index (χ0n) is 21.8. The number of alkyl halides is 3. The number of hydrogen-bond donors (Lipinski definition) is 2. The summed E-state index contributed by atoms with van der Waals surface area (Å²) in [5.41, 5.74) is 0.169. The highest BCUT2D eigenvalue weighted by Gasteiger charge is 2.31. The third kappa shape index (κ3) is 8.51. The number of anilines is 2. The van der Waals surface area contributed by atoms with Crippen molar-refractivity contribution in [1.29, 1.82) is 0 Å². The fourth-order valence-corrected chi connectivity index (χ4v) is 4.52. The molecule has 0 aromatic heterocycles. The highest BCUT2D eigenvalue weighted by atomic mass is 35.5. The summed E-state index contributed by atoms with van der Waals surface area (Å²) >= 11 is 6.19. The summed E-state index contributed by atoms with van der Waals surface area (Å²) < 4.78 is 67.5. The van der Waals surface area contributed by atoms with Crippen LogP contribution in [-0.2, 0) is 11.3 Å². The van der Waals surface area contributed by atoms with Crippen molar-refractivity contribution in [3.8, 4) is 0 Å². The molecule has 214 valence electrons. The second kappa shape index (κ2) is 12.9. The average molecular weight is 576 g/mol. The van der Waals surface area contributed by atoms with Crippen molar-refractivity contribution in [2.75, 3.05) is 57.0 Å². The number of nitrogens with zero attached hydrogens (tertiary/aromatic N) is 3. The van der Waals surface area contributed by atoms with Gasteiger partial charge in [0.15, 0.2) is 11.6 Å². The molecule has 0 bridgehead atoms. The van der Waals surface area contributed by atoms with Gasteiger partial charge < -0.3 is 20.4 Å². The van der Waals surface area contributed by atoms with Crippen molar-refractivity contribution in [2.45, 2.75) is 32.1 Å². The summed E-state index contributed by atoms with van der Waals surface area (Å²) in [6.45, 7) is 2.67. The van der Waals surface area contributed by atoms with Crippen LogP contribution in [0.5, 0.6) is 0 Å². The van der Waals surface area contributed by atoms with Crippen LogP contribution in [-0.4, -0.2) is 80.7 Å². The Labute approximate surface area is 228 Å². The van der Waals surface area contributed by atoms with E-state index in [0.29, 0.717) is 36.0 Å². The van der Waals surface area contributed by atoms with Crippen LogP contribution in [0.2, 0.25) is 5.02 Å². The van der Waals surface area contributed by atoms with Crippen LogP contribution >= 0.6 is 11.6 Å². The number of nitrogens with one attached hydrogen (secondary N) is 2. The van der Waals surface area contributed by atoms with E-state index < -0.39 is 35.7 Å². The molecule has 39 heavy (non-hydrogen) atoms. The van der Waals surface area contributed by atoms with Crippen molar-refractivity contribution in [3.63, 3.8) is 0 Å². The molecule has 3 rings (SSSR count). The van der Waals surface area contributed by atoms with Gasteiger partial charge >= 0.3 is 6.18 Å². The summed E-state index contributed by atoms with van der Waals surface area (Å²) in [6, 6.07) is 6.82. The van der Waals surface area contributed by atoms with E-state index in [9.17, 15) is 31.5 Å². The predicted octanol–water partition coefficient (Wildman–Crippen LogP) is 4.51. The Kier molecular flexibility index (Phi) is 10.1. The molecule has 0 spiro atoms. The first-order valence-corrected chi connectivity index (χ1v) is 12.7. The van der Waals surface area contributed by atoms with Gasteiger partial charge in [-0.15, -0.1) is 0 Å². The minimum atomic E-state index is -4.24. The van der Waals surface area contributed by atoms with Gasteiger partial charge in [-0.1, -0.05) is 17.7 Å². The summed E-state index contributed by atoms with van der Waals surface area (Å²) in [5, 5.41) is 5.47. The number of carbonyl (C=O) groups is 2. The largest absolute Gasteiger partial charge is 0.390 e. The number of carbonyl (C=O) groups excluding carboxylic acids is 2. The van der Waals surface area contributed by atoms with Gasteiger partial charge in [-0.2, -0.15) is 13.2 Å². The highest BCUT2D eigenvalue weighted by molar-refractivity contribution is 6.31. The molecule has 1 fully saturated rings. The number of hydrogen-bond acceptors (Lipinski definition) is 5. The van der Waals surface area contributed by atoms with Gasteiger partial charge in [-0.3, -0.25) is 14.5 Å². The molecular formula is C26H31ClF5N5O2. The lowest BCUT2D eigenvalue weighted by molar-refractivity contribution is -0.138. The fourth-order valence-electron chi connectivity index (χ4n) is 4.35. The van der Waals surface area contributed by atoms with Gasteiger partial charge in [0.1, 0.15) is 0 Å². The number of likely N-dealkylation sites (N-methyl/N-ethyl adjacent to an activating group) is 1. The molecule has 2 amide bonds. The Morgan fingerprint density at radius 1 is 1.10 bits per heavy atom. The SMILES string of the molecule is C[C@@H]1CN(CCC(F)(F)F)CCN1c1cc(Cl)ccc1NC(=O)c1ccc(CNC(=O)CN(C)C)c(F)c1F. The van der Waals surface area contributed by atoms with Crippen LogP contribution in [0, 0.1) is 11.6 Å². The minimum absolute atomic E-state index is 0.0786. The van der Waals surface area contributed by atoms with E-state index in [0.717, 1.165) is 6.07 Å².